The first-order valence-corrected chi connectivity index (χ1v) is 4.88. The Balaban J connectivity index is 2.09. The van der Waals surface area contributed by atoms with E-state index in [0.717, 1.165) is 5.69 Å². The summed E-state index contributed by atoms with van der Waals surface area (Å²) in [5.41, 5.74) is 1.12. The number of hydrogen-bond donors (Lipinski definition) is 2. The Kier molecular flexibility index (Phi) is 2.95. The number of nitrogens with zero attached hydrogens (tertiary/aromatic N) is 5. The van der Waals surface area contributed by atoms with E-state index in [-0.39, 0.29) is 17.5 Å². The largest absolute Gasteiger partial charge is 0.387 e. The maximum Gasteiger partial charge on any atom is 0.276 e. The predicted molar refractivity (Wildman–Crippen MR) is 60.5 cm³/mol. The van der Waals surface area contributed by atoms with Crippen LogP contribution in [-0.4, -0.2) is 38.1 Å². The third-order valence-corrected chi connectivity index (χ3v) is 2.02. The third kappa shape index (κ3) is 2.54. The van der Waals surface area contributed by atoms with E-state index >= 15 is 0 Å². The molecule has 2 heterocycles. The fourth-order valence-electron chi connectivity index (χ4n) is 1.18. The molecule has 2 aromatic rings. The van der Waals surface area contributed by atoms with Gasteiger partial charge in [0.15, 0.2) is 0 Å². The standard InChI is InChI=1S/C9H11N7O/c1-10-6-3-4-7(11-5-6)8(17)12-9-13-15-16(2)14-9/h3-5,10H,1-2H3,(H,12,14,17). The van der Waals surface area contributed by atoms with Gasteiger partial charge in [0.05, 0.1) is 18.9 Å². The van der Waals surface area contributed by atoms with Gasteiger partial charge >= 0.3 is 0 Å². The summed E-state index contributed by atoms with van der Waals surface area (Å²) in [6.07, 6.45) is 1.57. The van der Waals surface area contributed by atoms with E-state index in [9.17, 15) is 4.79 Å². The molecule has 17 heavy (non-hydrogen) atoms. The van der Waals surface area contributed by atoms with Gasteiger partial charge in [-0.25, -0.2) is 4.98 Å². The molecule has 0 radical (unpaired) electrons. The molecule has 0 atom stereocenters. The number of pyridine rings is 1. The number of amides is 1. The Morgan fingerprint density at radius 1 is 1.41 bits per heavy atom. The van der Waals surface area contributed by atoms with E-state index in [4.69, 9.17) is 0 Å². The van der Waals surface area contributed by atoms with Crippen LogP contribution < -0.4 is 10.6 Å². The summed E-state index contributed by atoms with van der Waals surface area (Å²) in [7, 11) is 3.39. The van der Waals surface area contributed by atoms with Crippen LogP contribution in [0.4, 0.5) is 11.6 Å². The van der Waals surface area contributed by atoms with Crippen molar-refractivity contribution < 1.29 is 4.79 Å². The molecule has 2 N–H and O–H groups in total. The second-order valence-electron chi connectivity index (χ2n) is 3.24. The average molecular weight is 233 g/mol. The molecule has 0 bridgehead atoms. The van der Waals surface area contributed by atoms with Crippen molar-refractivity contribution in [1.82, 2.24) is 25.2 Å². The molecule has 0 saturated heterocycles. The second-order valence-corrected chi connectivity index (χ2v) is 3.24. The summed E-state index contributed by atoms with van der Waals surface area (Å²) in [4.78, 5) is 17.0. The van der Waals surface area contributed by atoms with Gasteiger partial charge in [-0.15, -0.1) is 5.10 Å². The zero-order chi connectivity index (χ0) is 12.3. The maximum absolute atomic E-state index is 11.7. The lowest BCUT2D eigenvalue weighted by molar-refractivity contribution is 0.102. The van der Waals surface area contributed by atoms with Crippen LogP contribution in [-0.2, 0) is 7.05 Å². The molecule has 8 heteroatoms. The van der Waals surface area contributed by atoms with Crippen LogP contribution in [0.25, 0.3) is 0 Å². The Morgan fingerprint density at radius 3 is 2.76 bits per heavy atom. The van der Waals surface area contributed by atoms with Gasteiger partial charge < -0.3 is 5.32 Å². The molecular weight excluding hydrogens is 222 g/mol. The SMILES string of the molecule is CNc1ccc(C(=O)Nc2nnn(C)n2)nc1. The van der Waals surface area contributed by atoms with Gasteiger partial charge in [0.1, 0.15) is 5.69 Å². The Hall–Kier alpha value is -2.51. The number of anilines is 2. The van der Waals surface area contributed by atoms with Crippen molar-refractivity contribution in [2.24, 2.45) is 7.05 Å². The highest BCUT2D eigenvalue weighted by molar-refractivity contribution is 6.01. The number of carbonyl (C=O) groups excluding carboxylic acids is 1. The molecular formula is C9H11N7O. The van der Waals surface area contributed by atoms with Crippen LogP contribution >= 0.6 is 0 Å². The Labute approximate surface area is 97.0 Å². The average Bonchev–Trinajstić information content (AvgIpc) is 2.75. The molecule has 8 nitrogen and oxygen atoms in total. The van der Waals surface area contributed by atoms with Crippen LogP contribution in [0.5, 0.6) is 0 Å². The lowest BCUT2D eigenvalue weighted by atomic mass is 10.3. The van der Waals surface area contributed by atoms with Crippen molar-refractivity contribution in [3.63, 3.8) is 0 Å². The van der Waals surface area contributed by atoms with Crippen molar-refractivity contribution in [1.29, 1.82) is 0 Å². The Bertz CT molecular complexity index is 518. The van der Waals surface area contributed by atoms with E-state index in [1.807, 2.05) is 0 Å². The summed E-state index contributed by atoms with van der Waals surface area (Å²) in [6.45, 7) is 0. The van der Waals surface area contributed by atoms with Crippen LogP contribution in [0.3, 0.4) is 0 Å². The number of carbonyl (C=O) groups is 1. The zero-order valence-corrected chi connectivity index (χ0v) is 9.38. The summed E-state index contributed by atoms with van der Waals surface area (Å²) in [5.74, 6) is -0.224. The van der Waals surface area contributed by atoms with E-state index in [2.05, 4.69) is 31.0 Å². The number of aromatic nitrogens is 5. The van der Waals surface area contributed by atoms with Gasteiger partial charge in [0.2, 0.25) is 0 Å². The van der Waals surface area contributed by atoms with Gasteiger partial charge in [0.25, 0.3) is 11.9 Å². The van der Waals surface area contributed by atoms with E-state index in [0.29, 0.717) is 0 Å². The smallest absolute Gasteiger partial charge is 0.276 e. The van der Waals surface area contributed by atoms with Gasteiger partial charge in [-0.2, -0.15) is 4.80 Å². The third-order valence-electron chi connectivity index (χ3n) is 2.02. The van der Waals surface area contributed by atoms with Gasteiger partial charge in [-0.05, 0) is 17.3 Å². The number of rotatable bonds is 3. The monoisotopic (exact) mass is 233 g/mol. The Morgan fingerprint density at radius 2 is 2.24 bits per heavy atom. The van der Waals surface area contributed by atoms with E-state index in [1.165, 1.54) is 4.80 Å². The predicted octanol–water partition coefficient (Wildman–Crippen LogP) is -0.101. The fourth-order valence-corrected chi connectivity index (χ4v) is 1.18. The van der Waals surface area contributed by atoms with Gasteiger partial charge in [0, 0.05) is 7.05 Å². The van der Waals surface area contributed by atoms with Crippen LogP contribution in [0.2, 0.25) is 0 Å². The lowest BCUT2D eigenvalue weighted by Crippen LogP contribution is -2.14. The molecule has 88 valence electrons. The summed E-state index contributed by atoms with van der Waals surface area (Å²) in [5, 5.41) is 16.5. The summed E-state index contributed by atoms with van der Waals surface area (Å²) < 4.78 is 0. The minimum atomic E-state index is -0.374. The van der Waals surface area contributed by atoms with Crippen LogP contribution in [0.15, 0.2) is 18.3 Å². The van der Waals surface area contributed by atoms with Crippen LogP contribution in [0.1, 0.15) is 10.5 Å². The topological polar surface area (TPSA) is 97.6 Å². The molecule has 0 aliphatic carbocycles. The molecule has 2 rings (SSSR count). The minimum Gasteiger partial charge on any atom is -0.387 e. The summed E-state index contributed by atoms with van der Waals surface area (Å²) in [6, 6.07) is 3.36. The first-order valence-electron chi connectivity index (χ1n) is 4.88. The second kappa shape index (κ2) is 4.56. The number of tetrazole rings is 1. The molecule has 1 amide bonds. The summed E-state index contributed by atoms with van der Waals surface area (Å²) >= 11 is 0. The number of aryl methyl sites for hydroxylation is 1. The maximum atomic E-state index is 11.7. The van der Waals surface area contributed by atoms with Crippen molar-refractivity contribution in [3.8, 4) is 0 Å². The van der Waals surface area contributed by atoms with Crippen LogP contribution in [0, 0.1) is 0 Å². The minimum absolute atomic E-state index is 0.150. The van der Waals surface area contributed by atoms with E-state index < -0.39 is 0 Å². The number of nitrogens with one attached hydrogen (secondary N) is 2. The molecule has 0 spiro atoms. The van der Waals surface area contributed by atoms with Crippen molar-refractivity contribution in [2.45, 2.75) is 0 Å². The molecule has 0 aliphatic heterocycles. The van der Waals surface area contributed by atoms with Gasteiger partial charge in [-0.1, -0.05) is 5.10 Å². The van der Waals surface area contributed by atoms with Crippen molar-refractivity contribution in [3.05, 3.63) is 24.0 Å². The molecule has 0 saturated carbocycles. The molecule has 0 aromatic carbocycles. The molecule has 0 fully saturated rings. The molecule has 0 unspecified atom stereocenters. The lowest BCUT2D eigenvalue weighted by Gasteiger charge is -2.01. The molecule has 2 aromatic heterocycles. The highest BCUT2D eigenvalue weighted by Gasteiger charge is 2.10. The van der Waals surface area contributed by atoms with E-state index in [1.54, 1.807) is 32.4 Å². The first kappa shape index (κ1) is 11.0. The van der Waals surface area contributed by atoms with Gasteiger partial charge in [-0.3, -0.25) is 10.1 Å². The zero-order valence-electron chi connectivity index (χ0n) is 9.38. The van der Waals surface area contributed by atoms with Crippen molar-refractivity contribution in [2.75, 3.05) is 17.7 Å². The highest BCUT2D eigenvalue weighted by Crippen LogP contribution is 2.06. The van der Waals surface area contributed by atoms with Crippen molar-refractivity contribution >= 4 is 17.5 Å². The first-order chi connectivity index (χ1) is 8.19. The normalized spacial score (nSPS) is 10.0. The highest BCUT2D eigenvalue weighted by atomic mass is 16.2. The number of hydrogen-bond acceptors (Lipinski definition) is 6. The molecule has 0 aliphatic rings. The fraction of sp³-hybridized carbons (Fsp3) is 0.222. The quantitative estimate of drug-likeness (QED) is 0.768.